The topological polar surface area (TPSA) is 59.6 Å². The third-order valence-corrected chi connectivity index (χ3v) is 4.15. The highest BCUT2D eigenvalue weighted by atomic mass is 35.5. The van der Waals surface area contributed by atoms with Gasteiger partial charge in [0.1, 0.15) is 5.75 Å². The Hall–Kier alpha value is -1.30. The van der Waals surface area contributed by atoms with Crippen LogP contribution in [0.3, 0.4) is 0 Å². The van der Waals surface area contributed by atoms with Crippen molar-refractivity contribution in [2.45, 2.75) is 44.2 Å². The molecule has 23 heavy (non-hydrogen) atoms. The first-order valence-electron chi connectivity index (χ1n) is 8.17. The number of hydrogen-bond acceptors (Lipinski definition) is 4. The summed E-state index contributed by atoms with van der Waals surface area (Å²) in [6.07, 6.45) is 5.51. The van der Waals surface area contributed by atoms with Gasteiger partial charge in [0.05, 0.1) is 19.3 Å². The van der Waals surface area contributed by atoms with Crippen LogP contribution in [0.1, 0.15) is 32.1 Å². The molecule has 1 aliphatic carbocycles. The number of carbonyl (C=O) groups is 1. The molecule has 1 aromatic carbocycles. The number of rotatable bonds is 5. The van der Waals surface area contributed by atoms with Crippen molar-refractivity contribution in [1.82, 2.24) is 5.32 Å². The van der Waals surface area contributed by atoms with Gasteiger partial charge in [0.15, 0.2) is 0 Å². The van der Waals surface area contributed by atoms with Crippen LogP contribution in [-0.2, 0) is 9.53 Å². The van der Waals surface area contributed by atoms with Crippen molar-refractivity contribution in [3.8, 4) is 5.75 Å². The number of morpholine rings is 1. The smallest absolute Gasteiger partial charge is 0.226 e. The second-order valence-corrected chi connectivity index (χ2v) is 6.03. The fourth-order valence-electron chi connectivity index (χ4n) is 3.03. The zero-order valence-electron chi connectivity index (χ0n) is 13.3. The van der Waals surface area contributed by atoms with Gasteiger partial charge in [-0.3, -0.25) is 4.79 Å². The van der Waals surface area contributed by atoms with E-state index in [1.165, 1.54) is 12.8 Å². The van der Waals surface area contributed by atoms with E-state index >= 15 is 0 Å². The minimum absolute atomic E-state index is 0. The summed E-state index contributed by atoms with van der Waals surface area (Å²) in [5.74, 6) is 0.838. The Morgan fingerprint density at radius 2 is 2.17 bits per heavy atom. The second-order valence-electron chi connectivity index (χ2n) is 6.03. The van der Waals surface area contributed by atoms with Crippen molar-refractivity contribution >= 4 is 24.0 Å². The molecule has 1 aromatic rings. The van der Waals surface area contributed by atoms with Crippen molar-refractivity contribution in [2.24, 2.45) is 0 Å². The van der Waals surface area contributed by atoms with Crippen LogP contribution >= 0.6 is 12.4 Å². The average Bonchev–Trinajstić information content (AvgIpc) is 3.01. The predicted molar refractivity (Wildman–Crippen MR) is 92.4 cm³/mol. The Balaban J connectivity index is 0.00000192. The molecule has 1 heterocycles. The first-order chi connectivity index (χ1) is 10.8. The van der Waals surface area contributed by atoms with Crippen LogP contribution in [-0.4, -0.2) is 37.8 Å². The molecule has 1 amide bonds. The van der Waals surface area contributed by atoms with Gasteiger partial charge in [0.2, 0.25) is 5.91 Å². The van der Waals surface area contributed by atoms with Gasteiger partial charge in [-0.05, 0) is 37.8 Å². The summed E-state index contributed by atoms with van der Waals surface area (Å²) < 4.78 is 11.3. The summed E-state index contributed by atoms with van der Waals surface area (Å²) in [5.41, 5.74) is 0.789. The minimum Gasteiger partial charge on any atom is -0.490 e. The third-order valence-electron chi connectivity index (χ3n) is 4.15. The highest BCUT2D eigenvalue weighted by molar-refractivity contribution is 5.91. The van der Waals surface area contributed by atoms with Crippen LogP contribution in [0.4, 0.5) is 5.69 Å². The monoisotopic (exact) mass is 340 g/mol. The zero-order valence-corrected chi connectivity index (χ0v) is 14.1. The molecule has 3 rings (SSSR count). The lowest BCUT2D eigenvalue weighted by atomic mass is 10.2. The van der Waals surface area contributed by atoms with Crippen molar-refractivity contribution in [2.75, 3.05) is 25.1 Å². The van der Waals surface area contributed by atoms with E-state index < -0.39 is 0 Å². The summed E-state index contributed by atoms with van der Waals surface area (Å²) in [6.45, 7) is 2.12. The summed E-state index contributed by atoms with van der Waals surface area (Å²) in [7, 11) is 0. The molecule has 1 saturated heterocycles. The van der Waals surface area contributed by atoms with Crippen molar-refractivity contribution < 1.29 is 14.3 Å². The minimum atomic E-state index is 0. The largest absolute Gasteiger partial charge is 0.490 e. The maximum Gasteiger partial charge on any atom is 0.226 e. The van der Waals surface area contributed by atoms with E-state index in [1.54, 1.807) is 0 Å². The molecule has 1 atom stereocenters. The van der Waals surface area contributed by atoms with E-state index in [4.69, 9.17) is 9.47 Å². The average molecular weight is 341 g/mol. The fraction of sp³-hybridized carbons (Fsp3) is 0.588. The van der Waals surface area contributed by atoms with E-state index in [9.17, 15) is 4.79 Å². The molecule has 2 N–H and O–H groups in total. The summed E-state index contributed by atoms with van der Waals surface area (Å²) in [4.78, 5) is 12.1. The summed E-state index contributed by atoms with van der Waals surface area (Å²) >= 11 is 0. The van der Waals surface area contributed by atoms with Crippen LogP contribution < -0.4 is 15.4 Å². The Labute approximate surface area is 143 Å². The van der Waals surface area contributed by atoms with E-state index in [0.717, 1.165) is 37.4 Å². The second kappa shape index (κ2) is 9.11. The molecule has 2 fully saturated rings. The number of ether oxygens (including phenoxy) is 2. The summed E-state index contributed by atoms with van der Waals surface area (Å²) in [5, 5.41) is 6.22. The van der Waals surface area contributed by atoms with Crippen molar-refractivity contribution in [3.05, 3.63) is 24.3 Å². The molecule has 0 spiro atoms. The first kappa shape index (κ1) is 18.0. The van der Waals surface area contributed by atoms with Gasteiger partial charge in [-0.25, -0.2) is 0 Å². The molecule has 0 bridgehead atoms. The maximum atomic E-state index is 12.1. The van der Waals surface area contributed by atoms with Gasteiger partial charge in [0, 0.05) is 30.8 Å². The Kier molecular flexibility index (Phi) is 7.15. The van der Waals surface area contributed by atoms with Crippen LogP contribution in [0.25, 0.3) is 0 Å². The standard InChI is InChI=1S/C17H24N2O3.ClH/c20-17(11-14-12-21-9-8-18-14)19-13-4-3-7-16(10-13)22-15-5-1-2-6-15;/h3-4,7,10,14-15,18H,1-2,5-6,8-9,11-12H2,(H,19,20);1H. The Morgan fingerprint density at radius 1 is 1.35 bits per heavy atom. The lowest BCUT2D eigenvalue weighted by Crippen LogP contribution is -2.43. The molecule has 0 aromatic heterocycles. The van der Waals surface area contributed by atoms with Crippen molar-refractivity contribution in [1.29, 1.82) is 0 Å². The number of anilines is 1. The highest BCUT2D eigenvalue weighted by Gasteiger charge is 2.18. The van der Waals surface area contributed by atoms with Crippen LogP contribution in [0.2, 0.25) is 0 Å². The molecule has 5 nitrogen and oxygen atoms in total. The lowest BCUT2D eigenvalue weighted by molar-refractivity contribution is -0.117. The number of halogens is 1. The van der Waals surface area contributed by atoms with Gasteiger partial charge in [-0.1, -0.05) is 6.07 Å². The zero-order chi connectivity index (χ0) is 15.2. The van der Waals surface area contributed by atoms with E-state index in [2.05, 4.69) is 10.6 Å². The molecular weight excluding hydrogens is 316 g/mol. The Morgan fingerprint density at radius 3 is 2.91 bits per heavy atom. The lowest BCUT2D eigenvalue weighted by Gasteiger charge is -2.23. The first-order valence-corrected chi connectivity index (χ1v) is 8.17. The predicted octanol–water partition coefficient (Wildman–Crippen LogP) is 2.75. The van der Waals surface area contributed by atoms with Crippen LogP contribution in [0, 0.1) is 0 Å². The molecular formula is C17H25ClN2O3. The van der Waals surface area contributed by atoms with Gasteiger partial charge in [-0.2, -0.15) is 0 Å². The molecule has 1 aliphatic heterocycles. The molecule has 2 aliphatic rings. The fourth-order valence-corrected chi connectivity index (χ4v) is 3.03. The molecule has 0 radical (unpaired) electrons. The van der Waals surface area contributed by atoms with E-state index in [-0.39, 0.29) is 24.4 Å². The quantitative estimate of drug-likeness (QED) is 0.865. The molecule has 1 unspecified atom stereocenters. The number of benzene rings is 1. The van der Waals surface area contributed by atoms with Gasteiger partial charge < -0.3 is 20.1 Å². The SMILES string of the molecule is Cl.O=C(CC1COCCN1)Nc1cccc(OC2CCCC2)c1. The van der Waals surface area contributed by atoms with E-state index in [1.807, 2.05) is 24.3 Å². The number of hydrogen-bond donors (Lipinski definition) is 2. The maximum absolute atomic E-state index is 12.1. The molecule has 128 valence electrons. The summed E-state index contributed by atoms with van der Waals surface area (Å²) in [6, 6.07) is 7.77. The highest BCUT2D eigenvalue weighted by Crippen LogP contribution is 2.25. The number of carbonyl (C=O) groups excluding carboxylic acids is 1. The number of nitrogens with one attached hydrogen (secondary N) is 2. The van der Waals surface area contributed by atoms with Crippen molar-refractivity contribution in [3.63, 3.8) is 0 Å². The van der Waals surface area contributed by atoms with Crippen LogP contribution in [0.5, 0.6) is 5.75 Å². The number of amides is 1. The van der Waals surface area contributed by atoms with Gasteiger partial charge in [-0.15, -0.1) is 12.4 Å². The van der Waals surface area contributed by atoms with Gasteiger partial charge >= 0.3 is 0 Å². The third kappa shape index (κ3) is 5.68. The van der Waals surface area contributed by atoms with E-state index in [0.29, 0.717) is 19.1 Å². The van der Waals surface area contributed by atoms with Gasteiger partial charge in [0.25, 0.3) is 0 Å². The molecule has 1 saturated carbocycles. The normalized spacial score (nSPS) is 21.5. The van der Waals surface area contributed by atoms with Crippen LogP contribution in [0.15, 0.2) is 24.3 Å². The Bertz CT molecular complexity index is 500. The molecule has 6 heteroatoms.